The van der Waals surface area contributed by atoms with E-state index in [1.807, 2.05) is 29.2 Å². The maximum absolute atomic E-state index is 12.4. The van der Waals surface area contributed by atoms with E-state index in [-0.39, 0.29) is 6.03 Å². The number of hydrogen-bond acceptors (Lipinski definition) is 2. The Balaban J connectivity index is 1.41. The molecule has 1 heterocycles. The first-order chi connectivity index (χ1) is 12.2. The minimum Gasteiger partial charge on any atom is -0.337 e. The Labute approximate surface area is 150 Å². The fraction of sp³-hybridized carbons (Fsp3) is 0.381. The van der Waals surface area contributed by atoms with Gasteiger partial charge in [0.15, 0.2) is 0 Å². The van der Waals surface area contributed by atoms with Crippen LogP contribution in [0.25, 0.3) is 0 Å². The molecule has 0 aliphatic carbocycles. The van der Waals surface area contributed by atoms with Gasteiger partial charge in [0.25, 0.3) is 0 Å². The van der Waals surface area contributed by atoms with Gasteiger partial charge in [-0.1, -0.05) is 67.6 Å². The van der Waals surface area contributed by atoms with Gasteiger partial charge >= 0.3 is 6.03 Å². The van der Waals surface area contributed by atoms with Crippen LogP contribution in [0.1, 0.15) is 24.0 Å². The van der Waals surface area contributed by atoms with Crippen molar-refractivity contribution in [3.05, 3.63) is 71.8 Å². The molecule has 4 heteroatoms. The van der Waals surface area contributed by atoms with Gasteiger partial charge in [0.05, 0.1) is 0 Å². The van der Waals surface area contributed by atoms with Crippen LogP contribution in [0.15, 0.2) is 60.7 Å². The molecule has 1 atom stereocenters. The van der Waals surface area contributed by atoms with Crippen molar-refractivity contribution in [1.29, 1.82) is 0 Å². The smallest absolute Gasteiger partial charge is 0.317 e. The van der Waals surface area contributed by atoms with E-state index in [0.29, 0.717) is 12.5 Å². The fourth-order valence-corrected chi connectivity index (χ4v) is 3.20. The zero-order valence-electron chi connectivity index (χ0n) is 14.9. The highest BCUT2D eigenvalue weighted by molar-refractivity contribution is 5.74. The van der Waals surface area contributed by atoms with Crippen LogP contribution >= 0.6 is 0 Å². The third-order valence-electron chi connectivity index (χ3n) is 4.84. The Kier molecular flexibility index (Phi) is 6.07. The number of amides is 2. The molecular weight excluding hydrogens is 310 g/mol. The average Bonchev–Trinajstić information content (AvgIpc) is 2.68. The molecule has 1 aliphatic rings. The summed E-state index contributed by atoms with van der Waals surface area (Å²) >= 11 is 0. The summed E-state index contributed by atoms with van der Waals surface area (Å²) in [6.45, 7) is 7.21. The molecular formula is C21H27N3O. The topological polar surface area (TPSA) is 35.6 Å². The quantitative estimate of drug-likeness (QED) is 0.908. The average molecular weight is 337 g/mol. The number of rotatable bonds is 5. The van der Waals surface area contributed by atoms with E-state index in [0.717, 1.165) is 32.7 Å². The van der Waals surface area contributed by atoms with Crippen molar-refractivity contribution in [3.63, 3.8) is 0 Å². The monoisotopic (exact) mass is 337 g/mol. The van der Waals surface area contributed by atoms with E-state index in [1.165, 1.54) is 11.1 Å². The molecule has 1 saturated heterocycles. The van der Waals surface area contributed by atoms with Crippen LogP contribution in [0.4, 0.5) is 4.79 Å². The minimum absolute atomic E-state index is 0.0575. The molecule has 1 N–H and O–H groups in total. The van der Waals surface area contributed by atoms with E-state index in [2.05, 4.69) is 53.5 Å². The van der Waals surface area contributed by atoms with Crippen LogP contribution in [0.2, 0.25) is 0 Å². The Morgan fingerprint density at radius 2 is 1.56 bits per heavy atom. The molecule has 0 spiro atoms. The van der Waals surface area contributed by atoms with Crippen LogP contribution < -0.4 is 5.32 Å². The number of piperazine rings is 1. The van der Waals surface area contributed by atoms with Crippen molar-refractivity contribution >= 4 is 6.03 Å². The highest BCUT2D eigenvalue weighted by atomic mass is 16.2. The molecule has 0 radical (unpaired) electrons. The molecule has 0 saturated carbocycles. The van der Waals surface area contributed by atoms with Gasteiger partial charge in [0.2, 0.25) is 0 Å². The van der Waals surface area contributed by atoms with Crippen LogP contribution in [0.3, 0.4) is 0 Å². The predicted octanol–water partition coefficient (Wildman–Crippen LogP) is 3.32. The van der Waals surface area contributed by atoms with Crippen molar-refractivity contribution in [2.75, 3.05) is 32.7 Å². The zero-order chi connectivity index (χ0) is 17.5. The number of nitrogens with zero attached hydrogens (tertiary/aromatic N) is 2. The first kappa shape index (κ1) is 17.5. The maximum atomic E-state index is 12.4. The maximum Gasteiger partial charge on any atom is 0.317 e. The predicted molar refractivity (Wildman–Crippen MR) is 102 cm³/mol. The van der Waals surface area contributed by atoms with Gasteiger partial charge in [0, 0.05) is 39.3 Å². The Hall–Kier alpha value is -2.33. The highest BCUT2D eigenvalue weighted by Gasteiger charge is 2.21. The lowest BCUT2D eigenvalue weighted by Gasteiger charge is -2.35. The van der Waals surface area contributed by atoms with Crippen molar-refractivity contribution in [2.24, 2.45) is 0 Å². The third-order valence-corrected chi connectivity index (χ3v) is 4.84. The lowest BCUT2D eigenvalue weighted by molar-refractivity contribution is 0.135. The molecule has 25 heavy (non-hydrogen) atoms. The fourth-order valence-electron chi connectivity index (χ4n) is 3.20. The van der Waals surface area contributed by atoms with Crippen molar-refractivity contribution < 1.29 is 4.79 Å². The second-order valence-electron chi connectivity index (χ2n) is 6.75. The summed E-state index contributed by atoms with van der Waals surface area (Å²) in [5, 5.41) is 3.08. The van der Waals surface area contributed by atoms with Gasteiger partial charge in [-0.25, -0.2) is 4.79 Å². The summed E-state index contributed by atoms with van der Waals surface area (Å²) in [5.74, 6) is 0.324. The number of benzene rings is 2. The molecule has 4 nitrogen and oxygen atoms in total. The van der Waals surface area contributed by atoms with E-state index in [1.54, 1.807) is 0 Å². The largest absolute Gasteiger partial charge is 0.337 e. The molecule has 1 fully saturated rings. The van der Waals surface area contributed by atoms with Crippen LogP contribution in [0, 0.1) is 0 Å². The molecule has 132 valence electrons. The van der Waals surface area contributed by atoms with Crippen molar-refractivity contribution in [1.82, 2.24) is 15.1 Å². The second-order valence-corrected chi connectivity index (χ2v) is 6.75. The van der Waals surface area contributed by atoms with Crippen molar-refractivity contribution in [3.8, 4) is 0 Å². The number of nitrogens with one attached hydrogen (secondary N) is 1. The van der Waals surface area contributed by atoms with Crippen LogP contribution in [-0.4, -0.2) is 48.6 Å². The summed E-state index contributed by atoms with van der Waals surface area (Å²) < 4.78 is 0. The Morgan fingerprint density at radius 1 is 0.960 bits per heavy atom. The summed E-state index contributed by atoms with van der Waals surface area (Å²) in [7, 11) is 0. The Morgan fingerprint density at radius 3 is 2.20 bits per heavy atom. The summed E-state index contributed by atoms with van der Waals surface area (Å²) in [6, 6.07) is 20.9. The Bertz CT molecular complexity index is 651. The number of urea groups is 1. The normalized spacial score (nSPS) is 16.4. The summed E-state index contributed by atoms with van der Waals surface area (Å²) in [6.07, 6.45) is 0. The van der Waals surface area contributed by atoms with E-state index >= 15 is 0 Å². The first-order valence-corrected chi connectivity index (χ1v) is 9.06. The van der Waals surface area contributed by atoms with Crippen LogP contribution in [0.5, 0.6) is 0 Å². The lowest BCUT2D eigenvalue weighted by Crippen LogP contribution is -2.51. The van der Waals surface area contributed by atoms with Gasteiger partial charge in [-0.05, 0) is 17.0 Å². The van der Waals surface area contributed by atoms with Gasteiger partial charge in [-0.15, -0.1) is 0 Å². The number of carbonyl (C=O) groups excluding carboxylic acids is 1. The zero-order valence-corrected chi connectivity index (χ0v) is 14.9. The molecule has 0 bridgehead atoms. The summed E-state index contributed by atoms with van der Waals surface area (Å²) in [5.41, 5.74) is 2.59. The SMILES string of the molecule is CC(CNC(=O)N1CCN(Cc2ccccc2)CC1)c1ccccc1. The highest BCUT2D eigenvalue weighted by Crippen LogP contribution is 2.13. The standard InChI is InChI=1S/C21H27N3O/c1-18(20-10-6-3-7-11-20)16-22-21(25)24-14-12-23(13-15-24)17-19-8-4-2-5-9-19/h2-11,18H,12-17H2,1H3,(H,22,25). The van der Waals surface area contributed by atoms with Crippen molar-refractivity contribution in [2.45, 2.75) is 19.4 Å². The first-order valence-electron chi connectivity index (χ1n) is 9.06. The van der Waals surface area contributed by atoms with Gasteiger partial charge in [-0.2, -0.15) is 0 Å². The molecule has 1 unspecified atom stereocenters. The number of hydrogen-bond donors (Lipinski definition) is 1. The van der Waals surface area contributed by atoms with Gasteiger partial charge in [-0.3, -0.25) is 4.90 Å². The van der Waals surface area contributed by atoms with E-state index < -0.39 is 0 Å². The molecule has 0 aromatic heterocycles. The molecule has 2 aromatic rings. The lowest BCUT2D eigenvalue weighted by atomic mass is 10.0. The molecule has 3 rings (SSSR count). The third kappa shape index (κ3) is 5.07. The second kappa shape index (κ2) is 8.67. The van der Waals surface area contributed by atoms with E-state index in [4.69, 9.17) is 0 Å². The van der Waals surface area contributed by atoms with Gasteiger partial charge < -0.3 is 10.2 Å². The summed E-state index contributed by atoms with van der Waals surface area (Å²) in [4.78, 5) is 16.7. The molecule has 2 aromatic carbocycles. The molecule has 2 amide bonds. The number of carbonyl (C=O) groups is 1. The van der Waals surface area contributed by atoms with Crippen LogP contribution in [-0.2, 0) is 6.54 Å². The molecule has 1 aliphatic heterocycles. The van der Waals surface area contributed by atoms with Gasteiger partial charge in [0.1, 0.15) is 0 Å². The minimum atomic E-state index is 0.0575. The van der Waals surface area contributed by atoms with E-state index in [9.17, 15) is 4.79 Å².